The Morgan fingerprint density at radius 2 is 1.68 bits per heavy atom. The van der Waals surface area contributed by atoms with Crippen LogP contribution in [0.15, 0.2) is 54.7 Å². The van der Waals surface area contributed by atoms with Crippen molar-refractivity contribution in [1.29, 1.82) is 0 Å². The Bertz CT molecular complexity index is 857. The van der Waals surface area contributed by atoms with Gasteiger partial charge in [-0.1, -0.05) is 39.0 Å². The van der Waals surface area contributed by atoms with Gasteiger partial charge in [-0.3, -0.25) is 4.79 Å². The summed E-state index contributed by atoms with van der Waals surface area (Å²) in [7, 11) is 0. The molecule has 1 heterocycles. The number of carbonyl (C=O) groups excluding carboxylic acids is 1. The second-order valence-electron chi connectivity index (χ2n) is 7.32. The van der Waals surface area contributed by atoms with Crippen molar-refractivity contribution in [3.8, 4) is 0 Å². The van der Waals surface area contributed by atoms with Gasteiger partial charge in [-0.15, -0.1) is 0 Å². The monoisotopic (exact) mass is 335 g/mol. The van der Waals surface area contributed by atoms with E-state index in [0.717, 1.165) is 24.3 Å². The van der Waals surface area contributed by atoms with Crippen molar-refractivity contribution in [2.75, 3.05) is 17.2 Å². The van der Waals surface area contributed by atoms with Crippen LogP contribution in [0.1, 0.15) is 26.3 Å². The summed E-state index contributed by atoms with van der Waals surface area (Å²) >= 11 is 0. The SMILES string of the molecule is CC(C)(C)C(=O)Nc1ccc(NCCc2c[nH]c3ccccc23)cc1. The molecular weight excluding hydrogens is 310 g/mol. The summed E-state index contributed by atoms with van der Waals surface area (Å²) in [5.74, 6) is 0.0209. The van der Waals surface area contributed by atoms with Crippen LogP contribution in [0.5, 0.6) is 0 Å². The Labute approximate surface area is 148 Å². The lowest BCUT2D eigenvalue weighted by molar-refractivity contribution is -0.123. The predicted molar refractivity (Wildman–Crippen MR) is 105 cm³/mol. The van der Waals surface area contributed by atoms with Crippen molar-refractivity contribution in [3.63, 3.8) is 0 Å². The molecule has 1 aromatic heterocycles. The maximum Gasteiger partial charge on any atom is 0.229 e. The first-order valence-electron chi connectivity index (χ1n) is 8.64. The largest absolute Gasteiger partial charge is 0.385 e. The molecular formula is C21H25N3O. The molecule has 0 unspecified atom stereocenters. The van der Waals surface area contributed by atoms with Gasteiger partial charge in [0, 0.05) is 40.4 Å². The van der Waals surface area contributed by atoms with E-state index < -0.39 is 5.41 Å². The van der Waals surface area contributed by atoms with Crippen LogP contribution in [0.2, 0.25) is 0 Å². The third kappa shape index (κ3) is 4.21. The number of rotatable bonds is 5. The number of aromatic amines is 1. The Morgan fingerprint density at radius 3 is 2.40 bits per heavy atom. The van der Waals surface area contributed by atoms with E-state index in [-0.39, 0.29) is 5.91 Å². The molecule has 0 bridgehead atoms. The summed E-state index contributed by atoms with van der Waals surface area (Å²) < 4.78 is 0. The Morgan fingerprint density at radius 1 is 1.00 bits per heavy atom. The van der Waals surface area contributed by atoms with E-state index in [9.17, 15) is 4.79 Å². The first kappa shape index (κ1) is 17.1. The fourth-order valence-electron chi connectivity index (χ4n) is 2.67. The number of fused-ring (bicyclic) bond motifs is 1. The lowest BCUT2D eigenvalue weighted by Gasteiger charge is -2.17. The fraction of sp³-hybridized carbons (Fsp3) is 0.286. The van der Waals surface area contributed by atoms with Crippen molar-refractivity contribution in [3.05, 3.63) is 60.3 Å². The van der Waals surface area contributed by atoms with Crippen LogP contribution in [0, 0.1) is 5.41 Å². The van der Waals surface area contributed by atoms with Crippen LogP contribution in [0.3, 0.4) is 0 Å². The lowest BCUT2D eigenvalue weighted by Crippen LogP contribution is -2.27. The van der Waals surface area contributed by atoms with Gasteiger partial charge in [0.25, 0.3) is 0 Å². The van der Waals surface area contributed by atoms with Gasteiger partial charge in [-0.25, -0.2) is 0 Å². The maximum absolute atomic E-state index is 12.0. The average Bonchev–Trinajstić information content (AvgIpc) is 2.99. The van der Waals surface area contributed by atoms with Gasteiger partial charge >= 0.3 is 0 Å². The molecule has 0 atom stereocenters. The van der Waals surface area contributed by atoms with E-state index in [0.29, 0.717) is 0 Å². The first-order valence-corrected chi connectivity index (χ1v) is 8.64. The summed E-state index contributed by atoms with van der Waals surface area (Å²) in [6, 6.07) is 16.2. The number of benzene rings is 2. The van der Waals surface area contributed by atoms with E-state index in [1.165, 1.54) is 16.5 Å². The van der Waals surface area contributed by atoms with Gasteiger partial charge in [0.15, 0.2) is 0 Å². The van der Waals surface area contributed by atoms with Gasteiger partial charge in [-0.05, 0) is 42.3 Å². The van der Waals surface area contributed by atoms with Crippen LogP contribution >= 0.6 is 0 Å². The molecule has 130 valence electrons. The van der Waals surface area contributed by atoms with Crippen LogP contribution in [-0.4, -0.2) is 17.4 Å². The van der Waals surface area contributed by atoms with E-state index in [1.54, 1.807) is 0 Å². The standard InChI is InChI=1S/C21H25N3O/c1-21(2,3)20(25)24-17-10-8-16(9-11-17)22-13-12-15-14-23-19-7-5-4-6-18(15)19/h4-11,14,22-23H,12-13H2,1-3H3,(H,24,25). The lowest BCUT2D eigenvalue weighted by atomic mass is 9.95. The number of amides is 1. The molecule has 0 aliphatic rings. The van der Waals surface area contributed by atoms with Crippen LogP contribution in [-0.2, 0) is 11.2 Å². The number of aromatic nitrogens is 1. The van der Waals surface area contributed by atoms with Crippen LogP contribution < -0.4 is 10.6 Å². The minimum Gasteiger partial charge on any atom is -0.385 e. The molecule has 0 saturated carbocycles. The second-order valence-corrected chi connectivity index (χ2v) is 7.32. The highest BCUT2D eigenvalue weighted by Crippen LogP contribution is 2.20. The normalized spacial score (nSPS) is 11.5. The number of H-pyrrole nitrogens is 1. The summed E-state index contributed by atoms with van der Waals surface area (Å²) in [4.78, 5) is 15.3. The van der Waals surface area contributed by atoms with E-state index in [2.05, 4.69) is 40.0 Å². The third-order valence-corrected chi connectivity index (χ3v) is 4.22. The highest BCUT2D eigenvalue weighted by molar-refractivity contribution is 5.94. The van der Waals surface area contributed by atoms with Gasteiger partial charge in [0.05, 0.1) is 0 Å². The third-order valence-electron chi connectivity index (χ3n) is 4.22. The molecule has 3 rings (SSSR count). The van der Waals surface area contributed by atoms with Gasteiger partial charge in [-0.2, -0.15) is 0 Å². The van der Waals surface area contributed by atoms with Crippen LogP contribution in [0.25, 0.3) is 10.9 Å². The van der Waals surface area contributed by atoms with Crippen molar-refractivity contribution in [1.82, 2.24) is 4.98 Å². The zero-order chi connectivity index (χ0) is 17.9. The summed E-state index contributed by atoms with van der Waals surface area (Å²) in [6.45, 7) is 6.57. The second kappa shape index (κ2) is 7.01. The van der Waals surface area contributed by atoms with E-state index in [4.69, 9.17) is 0 Å². The molecule has 0 radical (unpaired) electrons. The number of hydrogen-bond acceptors (Lipinski definition) is 2. The average molecular weight is 335 g/mol. The van der Waals surface area contributed by atoms with Gasteiger partial charge in [0.2, 0.25) is 5.91 Å². The summed E-state index contributed by atoms with van der Waals surface area (Å²) in [5, 5.41) is 7.65. The molecule has 0 fully saturated rings. The Hall–Kier alpha value is -2.75. The van der Waals surface area contributed by atoms with Crippen molar-refractivity contribution < 1.29 is 4.79 Å². The maximum atomic E-state index is 12.0. The molecule has 0 spiro atoms. The molecule has 0 saturated heterocycles. The van der Waals surface area contributed by atoms with Crippen molar-refractivity contribution in [2.45, 2.75) is 27.2 Å². The van der Waals surface area contributed by atoms with Gasteiger partial charge < -0.3 is 15.6 Å². The van der Waals surface area contributed by atoms with Crippen molar-refractivity contribution in [2.24, 2.45) is 5.41 Å². The minimum atomic E-state index is -0.393. The fourth-order valence-corrected chi connectivity index (χ4v) is 2.67. The van der Waals surface area contributed by atoms with E-state index >= 15 is 0 Å². The predicted octanol–water partition coefficient (Wildman–Crippen LogP) is 4.81. The number of para-hydroxylation sites is 1. The number of anilines is 2. The summed E-state index contributed by atoms with van der Waals surface area (Å²) in [6.07, 6.45) is 3.03. The molecule has 4 heteroatoms. The quantitative estimate of drug-likeness (QED) is 0.627. The van der Waals surface area contributed by atoms with Gasteiger partial charge in [0.1, 0.15) is 0 Å². The minimum absolute atomic E-state index is 0.0209. The molecule has 4 nitrogen and oxygen atoms in total. The first-order chi connectivity index (χ1) is 11.9. The Balaban J connectivity index is 1.54. The topological polar surface area (TPSA) is 56.9 Å². The zero-order valence-electron chi connectivity index (χ0n) is 15.0. The highest BCUT2D eigenvalue weighted by Gasteiger charge is 2.20. The number of nitrogens with one attached hydrogen (secondary N) is 3. The van der Waals surface area contributed by atoms with Crippen molar-refractivity contribution >= 4 is 28.2 Å². The molecule has 25 heavy (non-hydrogen) atoms. The molecule has 3 N–H and O–H groups in total. The number of carbonyl (C=O) groups is 1. The van der Waals surface area contributed by atoms with Crippen LogP contribution in [0.4, 0.5) is 11.4 Å². The summed E-state index contributed by atoms with van der Waals surface area (Å²) in [5.41, 5.74) is 3.97. The molecule has 0 aliphatic carbocycles. The highest BCUT2D eigenvalue weighted by atomic mass is 16.2. The Kier molecular flexibility index (Phi) is 4.79. The zero-order valence-corrected chi connectivity index (χ0v) is 15.0. The van der Waals surface area contributed by atoms with E-state index in [1.807, 2.05) is 51.1 Å². The molecule has 1 amide bonds. The molecule has 0 aliphatic heterocycles. The molecule has 2 aromatic carbocycles. The number of hydrogen-bond donors (Lipinski definition) is 3. The smallest absolute Gasteiger partial charge is 0.229 e. The molecule has 3 aromatic rings.